The van der Waals surface area contributed by atoms with Crippen molar-refractivity contribution in [1.29, 1.82) is 0 Å². The van der Waals surface area contributed by atoms with Crippen LogP contribution in [0.4, 0.5) is 0 Å². The third-order valence-corrected chi connectivity index (χ3v) is 4.52. The van der Waals surface area contributed by atoms with Gasteiger partial charge in [0.25, 0.3) is 0 Å². The molecule has 0 bridgehead atoms. The summed E-state index contributed by atoms with van der Waals surface area (Å²) < 4.78 is 5.18. The van der Waals surface area contributed by atoms with Gasteiger partial charge in [-0.05, 0) is 34.4 Å². The molecule has 0 saturated carbocycles. The molecule has 0 aliphatic heterocycles. The van der Waals surface area contributed by atoms with Crippen molar-refractivity contribution in [1.82, 2.24) is 5.32 Å². The molecule has 4 aromatic carbocycles. The Morgan fingerprint density at radius 1 is 0.552 bits per heavy atom. The first-order chi connectivity index (χ1) is 14.3. The highest BCUT2D eigenvalue weighted by Gasteiger charge is 1.97. The van der Waals surface area contributed by atoms with Gasteiger partial charge < -0.3 is 10.1 Å². The van der Waals surface area contributed by atoms with Gasteiger partial charge in [0.1, 0.15) is 5.75 Å². The van der Waals surface area contributed by atoms with Crippen molar-refractivity contribution >= 4 is 0 Å². The predicted molar refractivity (Wildman–Crippen MR) is 122 cm³/mol. The summed E-state index contributed by atoms with van der Waals surface area (Å²) in [5.41, 5.74) is 5.05. The molecular weight excluding hydrogens is 354 g/mol. The van der Waals surface area contributed by atoms with Crippen LogP contribution in [0.15, 0.2) is 115 Å². The first-order valence-electron chi connectivity index (χ1n) is 9.83. The number of hydrogen-bond donors (Lipinski definition) is 1. The van der Waals surface area contributed by atoms with E-state index in [9.17, 15) is 0 Å². The van der Waals surface area contributed by atoms with E-state index in [4.69, 9.17) is 4.74 Å². The molecule has 2 heteroatoms. The molecule has 0 radical (unpaired) electrons. The average molecular weight is 382 g/mol. The Labute approximate surface area is 173 Å². The van der Waals surface area contributed by atoms with Gasteiger partial charge in [-0.2, -0.15) is 0 Å². The monoisotopic (exact) mass is 381 g/mol. The van der Waals surface area contributed by atoms with E-state index in [1.807, 2.05) is 48.5 Å². The van der Waals surface area contributed by atoms with Crippen molar-refractivity contribution in [2.45, 2.75) is 13.1 Å². The SMILES string of the molecule is COc1cccc(-c2ccccc2)c1.c1ccc(CNCc2ccccc2)cc1. The van der Waals surface area contributed by atoms with E-state index < -0.39 is 0 Å². The average Bonchev–Trinajstić information content (AvgIpc) is 2.81. The molecular formula is C27H27NO. The van der Waals surface area contributed by atoms with Gasteiger partial charge in [0.05, 0.1) is 7.11 Å². The summed E-state index contributed by atoms with van der Waals surface area (Å²) in [5, 5.41) is 3.42. The second kappa shape index (κ2) is 11.5. The number of methoxy groups -OCH3 is 1. The van der Waals surface area contributed by atoms with Crippen LogP contribution in [0.1, 0.15) is 11.1 Å². The molecule has 1 N–H and O–H groups in total. The summed E-state index contributed by atoms with van der Waals surface area (Å²) in [4.78, 5) is 0. The van der Waals surface area contributed by atoms with Gasteiger partial charge in [-0.25, -0.2) is 0 Å². The summed E-state index contributed by atoms with van der Waals surface area (Å²) in [6.07, 6.45) is 0. The highest BCUT2D eigenvalue weighted by atomic mass is 16.5. The Balaban J connectivity index is 0.000000166. The summed E-state index contributed by atoms with van der Waals surface area (Å²) >= 11 is 0. The number of nitrogens with one attached hydrogen (secondary N) is 1. The zero-order valence-corrected chi connectivity index (χ0v) is 16.8. The van der Waals surface area contributed by atoms with Gasteiger partial charge in [0.15, 0.2) is 0 Å². The lowest BCUT2D eigenvalue weighted by atomic mass is 10.1. The Bertz CT molecular complexity index is 914. The molecule has 146 valence electrons. The summed E-state index contributed by atoms with van der Waals surface area (Å²) in [7, 11) is 1.68. The first-order valence-corrected chi connectivity index (χ1v) is 9.83. The third kappa shape index (κ3) is 6.95. The number of hydrogen-bond acceptors (Lipinski definition) is 2. The van der Waals surface area contributed by atoms with Crippen molar-refractivity contribution in [3.05, 3.63) is 126 Å². The van der Waals surface area contributed by atoms with Crippen LogP contribution in [0.3, 0.4) is 0 Å². The zero-order chi connectivity index (χ0) is 20.2. The second-order valence-electron chi connectivity index (χ2n) is 6.67. The van der Waals surface area contributed by atoms with E-state index in [0.29, 0.717) is 0 Å². The number of rotatable bonds is 6. The van der Waals surface area contributed by atoms with Crippen LogP contribution in [-0.2, 0) is 13.1 Å². The van der Waals surface area contributed by atoms with Gasteiger partial charge in [-0.15, -0.1) is 0 Å². The summed E-state index contributed by atoms with van der Waals surface area (Å²) in [6, 6.07) is 39.3. The fraction of sp³-hybridized carbons (Fsp3) is 0.111. The maximum Gasteiger partial charge on any atom is 0.119 e. The van der Waals surface area contributed by atoms with Gasteiger partial charge in [0.2, 0.25) is 0 Å². The Kier molecular flexibility index (Phi) is 8.06. The largest absolute Gasteiger partial charge is 0.497 e. The Morgan fingerprint density at radius 3 is 1.55 bits per heavy atom. The van der Waals surface area contributed by atoms with Crippen LogP contribution in [0.5, 0.6) is 5.75 Å². The van der Waals surface area contributed by atoms with Crippen LogP contribution in [-0.4, -0.2) is 7.11 Å². The quantitative estimate of drug-likeness (QED) is 0.421. The van der Waals surface area contributed by atoms with E-state index >= 15 is 0 Å². The van der Waals surface area contributed by atoms with Crippen LogP contribution in [0, 0.1) is 0 Å². The Morgan fingerprint density at radius 2 is 1.03 bits per heavy atom. The lowest BCUT2D eigenvalue weighted by Gasteiger charge is -2.04. The Hall–Kier alpha value is -3.36. The van der Waals surface area contributed by atoms with Gasteiger partial charge in [0, 0.05) is 13.1 Å². The lowest BCUT2D eigenvalue weighted by Crippen LogP contribution is -2.12. The van der Waals surface area contributed by atoms with Crippen LogP contribution in [0.2, 0.25) is 0 Å². The topological polar surface area (TPSA) is 21.3 Å². The van der Waals surface area contributed by atoms with Crippen molar-refractivity contribution < 1.29 is 4.74 Å². The van der Waals surface area contributed by atoms with Crippen LogP contribution < -0.4 is 10.1 Å². The molecule has 0 heterocycles. The second-order valence-corrected chi connectivity index (χ2v) is 6.67. The van der Waals surface area contributed by atoms with Crippen molar-refractivity contribution in [2.75, 3.05) is 7.11 Å². The smallest absolute Gasteiger partial charge is 0.119 e. The van der Waals surface area contributed by atoms with Crippen molar-refractivity contribution in [2.24, 2.45) is 0 Å². The lowest BCUT2D eigenvalue weighted by molar-refractivity contribution is 0.415. The highest BCUT2D eigenvalue weighted by molar-refractivity contribution is 5.64. The van der Waals surface area contributed by atoms with Crippen molar-refractivity contribution in [3.8, 4) is 16.9 Å². The van der Waals surface area contributed by atoms with Gasteiger partial charge in [-0.3, -0.25) is 0 Å². The van der Waals surface area contributed by atoms with E-state index in [1.54, 1.807) is 7.11 Å². The molecule has 29 heavy (non-hydrogen) atoms. The molecule has 0 unspecified atom stereocenters. The predicted octanol–water partition coefficient (Wildman–Crippen LogP) is 6.34. The maximum atomic E-state index is 5.18. The molecule has 0 aliphatic rings. The van der Waals surface area contributed by atoms with E-state index in [1.165, 1.54) is 22.3 Å². The molecule has 0 spiro atoms. The first kappa shape index (κ1) is 20.4. The van der Waals surface area contributed by atoms with Crippen molar-refractivity contribution in [3.63, 3.8) is 0 Å². The van der Waals surface area contributed by atoms with E-state index in [-0.39, 0.29) is 0 Å². The standard InChI is InChI=1S/C14H15N.C13H12O/c1-3-7-13(8-4-1)11-15-12-14-9-5-2-6-10-14;1-14-13-9-5-8-12(10-13)11-6-3-2-4-7-11/h1-10,15H,11-12H2;2-10H,1H3. The normalized spacial score (nSPS) is 9.97. The minimum Gasteiger partial charge on any atom is -0.497 e. The molecule has 0 aromatic heterocycles. The van der Waals surface area contributed by atoms with Gasteiger partial charge in [-0.1, -0.05) is 103 Å². The third-order valence-electron chi connectivity index (χ3n) is 4.52. The minimum absolute atomic E-state index is 0.895. The molecule has 0 amide bonds. The van der Waals surface area contributed by atoms with Crippen LogP contribution >= 0.6 is 0 Å². The van der Waals surface area contributed by atoms with Crippen LogP contribution in [0.25, 0.3) is 11.1 Å². The molecule has 2 nitrogen and oxygen atoms in total. The number of benzene rings is 4. The zero-order valence-electron chi connectivity index (χ0n) is 16.8. The summed E-state index contributed by atoms with van der Waals surface area (Å²) in [5.74, 6) is 0.895. The molecule has 4 rings (SSSR count). The molecule has 0 aliphatic carbocycles. The number of ether oxygens (including phenoxy) is 1. The van der Waals surface area contributed by atoms with E-state index in [2.05, 4.69) is 72.0 Å². The fourth-order valence-electron chi connectivity index (χ4n) is 2.98. The molecule has 0 saturated heterocycles. The molecule has 0 fully saturated rings. The highest BCUT2D eigenvalue weighted by Crippen LogP contribution is 2.22. The molecule has 0 atom stereocenters. The fourth-order valence-corrected chi connectivity index (χ4v) is 2.98. The summed E-state index contributed by atoms with van der Waals surface area (Å²) in [6.45, 7) is 1.85. The minimum atomic E-state index is 0.895. The maximum absolute atomic E-state index is 5.18. The van der Waals surface area contributed by atoms with E-state index in [0.717, 1.165) is 18.8 Å². The van der Waals surface area contributed by atoms with Gasteiger partial charge >= 0.3 is 0 Å². The molecule has 4 aromatic rings.